The van der Waals surface area contributed by atoms with E-state index in [0.717, 1.165) is 141 Å². The molecule has 0 amide bonds. The lowest BCUT2D eigenvalue weighted by Gasteiger charge is -2.21. The molecule has 0 aromatic heterocycles. The first-order chi connectivity index (χ1) is 54.2. The number of carbonyl (C=O) groups is 3. The van der Waals surface area contributed by atoms with Gasteiger partial charge >= 0.3 is 33.6 Å². The van der Waals surface area contributed by atoms with E-state index in [-0.39, 0.29) is 19.3 Å². The van der Waals surface area contributed by atoms with Gasteiger partial charge in [-0.05, 0) is 148 Å². The zero-order valence-electron chi connectivity index (χ0n) is 69.3. The first-order valence-electron chi connectivity index (χ1n) is 43.1. The average molecular weight is 1590 g/mol. The fraction of sp³-hybridized carbons (Fsp3) is 0.645. The number of allylic oxidation sites excluding steroid dienone is 30. The highest BCUT2D eigenvalue weighted by Gasteiger charge is 2.29. The van der Waals surface area contributed by atoms with E-state index in [0.29, 0.717) is 25.7 Å². The lowest BCUT2D eigenvalue weighted by atomic mass is 10.0. The maximum absolute atomic E-state index is 13.0. The van der Waals surface area contributed by atoms with Crippen molar-refractivity contribution < 1.29 is 75.8 Å². The highest BCUT2D eigenvalue weighted by molar-refractivity contribution is 7.47. The minimum Gasteiger partial charge on any atom is -0.463 e. The van der Waals surface area contributed by atoms with Crippen molar-refractivity contribution in [2.45, 2.75) is 347 Å². The highest BCUT2D eigenvalue weighted by atomic mass is 31.2. The molecule has 0 heterocycles. The van der Waals surface area contributed by atoms with Crippen LogP contribution in [0.5, 0.6) is 0 Å². The van der Waals surface area contributed by atoms with Crippen LogP contribution in [0.15, 0.2) is 182 Å². The summed E-state index contributed by atoms with van der Waals surface area (Å²) < 4.78 is 61.2. The summed E-state index contributed by atoms with van der Waals surface area (Å²) in [5, 5.41) is 20.7. The van der Waals surface area contributed by atoms with Crippen molar-refractivity contribution >= 4 is 33.6 Å². The topological polar surface area (TPSA) is 231 Å². The number of ether oxygens (including phenoxy) is 3. The minimum absolute atomic E-state index is 0.0309. The molecule has 111 heavy (non-hydrogen) atoms. The molecule has 0 aromatic carbocycles. The fourth-order valence-electron chi connectivity index (χ4n) is 11.1. The number of phosphoric acid groups is 2. The highest BCUT2D eigenvalue weighted by Crippen LogP contribution is 2.45. The number of phosphoric ester groups is 2. The van der Waals surface area contributed by atoms with Gasteiger partial charge in [-0.25, -0.2) is 9.13 Å². The second kappa shape index (κ2) is 84.1. The zero-order valence-corrected chi connectivity index (χ0v) is 71.1. The maximum atomic E-state index is 13.0. The fourth-order valence-corrected chi connectivity index (χ4v) is 12.7. The van der Waals surface area contributed by atoms with E-state index in [4.69, 9.17) is 32.3 Å². The van der Waals surface area contributed by atoms with Gasteiger partial charge in [-0.3, -0.25) is 32.5 Å². The Balaban J connectivity index is 4.54. The molecule has 0 radical (unpaired) electrons. The van der Waals surface area contributed by atoms with E-state index >= 15 is 0 Å². The van der Waals surface area contributed by atoms with E-state index in [1.54, 1.807) is 0 Å². The minimum atomic E-state index is -4.97. The standard InChI is InChI=1S/C93H154O16P2/c1-4-7-10-13-16-19-22-25-28-31-34-36-37-38-39-40-41-42-43-44-45-46-47-48-49-51-54-55-58-61-64-67-70-73-76-79-91(96)103-82-88(94)83-105-110(99,100)106-84-89(95)85-107-111(101,102)108-87-90(109-93(98)81-78-75-72-69-66-63-60-57-52-33-30-27-24-21-18-15-12-9-6-3)86-104-92(97)80-77-74-71-68-65-62-59-56-53-50-35-32-29-26-23-20-17-14-11-8-5-2/h7,9-10,12,16-21,25-30,34-36,38-39,50,52,56-57,59,63,66,72,75,88-90,94-95H,4-6,8,11,13-15,22-24,31-33,37,40-49,51,53-55,58,60-62,64-65,67-71,73-74,76-87H2,1-3H3,(H,99,100)(H,101,102)/b10-7-,12-9-,19-16-,20-17-,21-18-,28-25-,29-26-,30-27-,36-34-,39-38-,50-35-,57-52-,59-56-,66-63-,75-72-. The molecule has 0 saturated heterocycles. The van der Waals surface area contributed by atoms with E-state index in [9.17, 15) is 43.5 Å². The molecule has 0 rings (SSSR count). The second-order valence-corrected chi connectivity index (χ2v) is 31.1. The van der Waals surface area contributed by atoms with Crippen LogP contribution in [0, 0.1) is 0 Å². The summed E-state index contributed by atoms with van der Waals surface area (Å²) in [6.45, 7) is 2.32. The molecule has 5 atom stereocenters. The van der Waals surface area contributed by atoms with Crippen LogP contribution in [0.1, 0.15) is 329 Å². The molecule has 5 unspecified atom stereocenters. The summed E-state index contributed by atoms with van der Waals surface area (Å²) in [6, 6.07) is 0. The molecule has 0 aliphatic carbocycles. The summed E-state index contributed by atoms with van der Waals surface area (Å²) in [4.78, 5) is 58.7. The summed E-state index contributed by atoms with van der Waals surface area (Å²) in [6.07, 6.45) is 110. The Kier molecular flexibility index (Phi) is 80.0. The first-order valence-corrected chi connectivity index (χ1v) is 46.1. The van der Waals surface area contributed by atoms with Crippen molar-refractivity contribution in [2.75, 3.05) is 39.6 Å². The number of aliphatic hydroxyl groups is 2. The molecule has 18 heteroatoms. The third-order valence-corrected chi connectivity index (χ3v) is 19.5. The lowest BCUT2D eigenvalue weighted by Crippen LogP contribution is -2.29. The molecule has 0 spiro atoms. The van der Waals surface area contributed by atoms with Crippen LogP contribution in [-0.2, 0) is 55.8 Å². The van der Waals surface area contributed by atoms with Crippen LogP contribution in [0.25, 0.3) is 0 Å². The van der Waals surface area contributed by atoms with Crippen LogP contribution in [0.3, 0.4) is 0 Å². The van der Waals surface area contributed by atoms with Gasteiger partial charge in [-0.15, -0.1) is 0 Å². The number of esters is 3. The molecule has 0 saturated carbocycles. The van der Waals surface area contributed by atoms with Crippen molar-refractivity contribution in [3.63, 3.8) is 0 Å². The van der Waals surface area contributed by atoms with Crippen LogP contribution in [0.4, 0.5) is 0 Å². The normalized spacial score (nSPS) is 14.8. The summed E-state index contributed by atoms with van der Waals surface area (Å²) in [5.41, 5.74) is 0. The monoisotopic (exact) mass is 1590 g/mol. The van der Waals surface area contributed by atoms with E-state index in [1.807, 2.05) is 18.2 Å². The second-order valence-electron chi connectivity index (χ2n) is 28.2. The molecule has 0 aliphatic heterocycles. The van der Waals surface area contributed by atoms with E-state index in [1.165, 1.54) is 122 Å². The number of unbranched alkanes of at least 4 members (excludes halogenated alkanes) is 27. The van der Waals surface area contributed by atoms with Crippen molar-refractivity contribution in [2.24, 2.45) is 0 Å². The molecule has 0 fully saturated rings. The van der Waals surface area contributed by atoms with E-state index < -0.39 is 91.5 Å². The molecular weight excluding hydrogens is 1430 g/mol. The Morgan fingerprint density at radius 1 is 0.261 bits per heavy atom. The average Bonchev–Trinajstić information content (AvgIpc) is 0.891. The molecule has 632 valence electrons. The summed E-state index contributed by atoms with van der Waals surface area (Å²) >= 11 is 0. The Hall–Kier alpha value is -5.35. The van der Waals surface area contributed by atoms with Crippen molar-refractivity contribution in [1.82, 2.24) is 0 Å². The van der Waals surface area contributed by atoms with Gasteiger partial charge in [0.05, 0.1) is 26.4 Å². The quantitative estimate of drug-likeness (QED) is 0.0146. The van der Waals surface area contributed by atoms with Gasteiger partial charge in [0.15, 0.2) is 6.10 Å². The van der Waals surface area contributed by atoms with Gasteiger partial charge in [0.1, 0.15) is 25.4 Å². The number of carbonyl (C=O) groups excluding carboxylic acids is 3. The molecule has 0 bridgehead atoms. The summed E-state index contributed by atoms with van der Waals surface area (Å²) in [5.74, 6) is -1.70. The Bertz CT molecular complexity index is 2750. The molecule has 4 N–H and O–H groups in total. The van der Waals surface area contributed by atoms with E-state index in [2.05, 4.69) is 185 Å². The maximum Gasteiger partial charge on any atom is 0.472 e. The number of aliphatic hydroxyl groups excluding tert-OH is 2. The van der Waals surface area contributed by atoms with Crippen LogP contribution in [-0.4, -0.2) is 95.9 Å². The number of rotatable bonds is 80. The van der Waals surface area contributed by atoms with Crippen molar-refractivity contribution in [3.05, 3.63) is 182 Å². The number of hydrogen-bond acceptors (Lipinski definition) is 14. The zero-order chi connectivity index (χ0) is 80.8. The van der Waals surface area contributed by atoms with Crippen LogP contribution >= 0.6 is 15.6 Å². The molecule has 0 aliphatic rings. The largest absolute Gasteiger partial charge is 0.472 e. The number of hydrogen-bond donors (Lipinski definition) is 4. The smallest absolute Gasteiger partial charge is 0.463 e. The molecule has 0 aromatic rings. The Morgan fingerprint density at radius 2 is 0.495 bits per heavy atom. The van der Waals surface area contributed by atoms with Crippen molar-refractivity contribution in [1.29, 1.82) is 0 Å². The van der Waals surface area contributed by atoms with Crippen LogP contribution in [0.2, 0.25) is 0 Å². The third-order valence-electron chi connectivity index (χ3n) is 17.6. The van der Waals surface area contributed by atoms with Gasteiger partial charge in [0.25, 0.3) is 0 Å². The Morgan fingerprint density at radius 3 is 0.793 bits per heavy atom. The third kappa shape index (κ3) is 85.4. The molecule has 16 nitrogen and oxygen atoms in total. The van der Waals surface area contributed by atoms with Gasteiger partial charge < -0.3 is 34.2 Å². The molecular formula is C93H154O16P2. The van der Waals surface area contributed by atoms with Gasteiger partial charge in [-0.1, -0.05) is 344 Å². The van der Waals surface area contributed by atoms with Gasteiger partial charge in [0, 0.05) is 19.3 Å². The Labute approximate surface area is 675 Å². The van der Waals surface area contributed by atoms with Gasteiger partial charge in [0.2, 0.25) is 0 Å². The van der Waals surface area contributed by atoms with Crippen LogP contribution < -0.4 is 0 Å². The first kappa shape index (κ1) is 106. The predicted molar refractivity (Wildman–Crippen MR) is 463 cm³/mol. The summed E-state index contributed by atoms with van der Waals surface area (Å²) in [7, 11) is -9.84. The predicted octanol–water partition coefficient (Wildman–Crippen LogP) is 26.1. The van der Waals surface area contributed by atoms with Gasteiger partial charge in [-0.2, -0.15) is 0 Å². The lowest BCUT2D eigenvalue weighted by molar-refractivity contribution is -0.161. The SMILES string of the molecule is CC/C=C\C/C=C\C/C=C\C/C=C\C/C=C\C/C=C\CCC(=O)OC(COC(=O)CCCCCCC/C=C\C/C=C\C/C=C\C/C=C\CCCCC)COP(=O)(O)OCC(O)COP(=O)(O)OCC(O)COC(=O)CCCCCCCCCCCCCCCCCCCCC/C=C\C/C=C\C/C=C\C/C=C\C/C=C\CC. The van der Waals surface area contributed by atoms with Crippen molar-refractivity contribution in [3.8, 4) is 0 Å².